The molecule has 0 amide bonds. The average molecular weight is 469 g/mol. The van der Waals surface area contributed by atoms with E-state index in [2.05, 4.69) is 21.7 Å². The normalized spacial score (nSPS) is 16.1. The van der Waals surface area contributed by atoms with E-state index in [0.717, 1.165) is 43.4 Å². The highest BCUT2D eigenvalue weighted by atomic mass is 127. The fraction of sp³-hybridized carbons (Fsp3) is 0.350. The van der Waals surface area contributed by atoms with Crippen molar-refractivity contribution in [1.29, 1.82) is 0 Å². The maximum Gasteiger partial charge on any atom is 0.191 e. The minimum absolute atomic E-state index is 0. The Hall–Kier alpha value is -1.83. The zero-order valence-electron chi connectivity index (χ0n) is 14.9. The predicted molar refractivity (Wildman–Crippen MR) is 114 cm³/mol. The number of aliphatic imine (C=N–C) groups is 1. The molecular weight excluding hydrogens is 444 g/mol. The Morgan fingerprint density at radius 1 is 1.15 bits per heavy atom. The van der Waals surface area contributed by atoms with Crippen LogP contribution >= 0.6 is 24.0 Å². The summed E-state index contributed by atoms with van der Waals surface area (Å²) in [5, 5.41) is 6.68. The summed E-state index contributed by atoms with van der Waals surface area (Å²) >= 11 is 0. The van der Waals surface area contributed by atoms with Gasteiger partial charge in [0.05, 0.1) is 13.2 Å². The zero-order valence-corrected chi connectivity index (χ0v) is 17.2. The lowest BCUT2D eigenvalue weighted by atomic mass is 9.93. The van der Waals surface area contributed by atoms with Crippen LogP contribution in [-0.4, -0.2) is 25.7 Å². The summed E-state index contributed by atoms with van der Waals surface area (Å²) in [4.78, 5) is 4.59. The first kappa shape index (κ1) is 20.5. The molecule has 0 radical (unpaired) electrons. The number of hydrogen-bond acceptors (Lipinski definition) is 2. The molecule has 0 aliphatic carbocycles. The lowest BCUT2D eigenvalue weighted by Gasteiger charge is -2.26. The predicted octanol–water partition coefficient (Wildman–Crippen LogP) is 4.07. The van der Waals surface area contributed by atoms with Crippen molar-refractivity contribution in [2.45, 2.75) is 25.8 Å². The molecule has 0 saturated heterocycles. The quantitative estimate of drug-likeness (QED) is 0.395. The lowest BCUT2D eigenvalue weighted by Crippen LogP contribution is -2.40. The Morgan fingerprint density at radius 2 is 1.92 bits per heavy atom. The van der Waals surface area contributed by atoms with Crippen molar-refractivity contribution in [3.8, 4) is 5.75 Å². The molecule has 1 aliphatic rings. The van der Waals surface area contributed by atoms with E-state index in [9.17, 15) is 4.39 Å². The highest BCUT2D eigenvalue weighted by Gasteiger charge is 2.20. The van der Waals surface area contributed by atoms with Crippen LogP contribution in [0.25, 0.3) is 0 Å². The van der Waals surface area contributed by atoms with Crippen LogP contribution < -0.4 is 15.4 Å². The van der Waals surface area contributed by atoms with Gasteiger partial charge >= 0.3 is 0 Å². The molecule has 1 unspecified atom stereocenters. The van der Waals surface area contributed by atoms with Gasteiger partial charge in [0, 0.05) is 19.0 Å². The second kappa shape index (κ2) is 10.4. The summed E-state index contributed by atoms with van der Waals surface area (Å²) in [6.07, 6.45) is 0.987. The number of nitrogens with zero attached hydrogens (tertiary/aromatic N) is 1. The summed E-state index contributed by atoms with van der Waals surface area (Å²) in [7, 11) is 0. The van der Waals surface area contributed by atoms with E-state index in [0.29, 0.717) is 12.5 Å². The molecule has 26 heavy (non-hydrogen) atoms. The van der Waals surface area contributed by atoms with Gasteiger partial charge in [0.1, 0.15) is 11.6 Å². The first-order valence-electron chi connectivity index (χ1n) is 8.74. The van der Waals surface area contributed by atoms with E-state index in [4.69, 9.17) is 4.74 Å². The average Bonchev–Trinajstić information content (AvgIpc) is 2.65. The lowest BCUT2D eigenvalue weighted by molar-refractivity contribution is 0.267. The summed E-state index contributed by atoms with van der Waals surface area (Å²) in [6.45, 7) is 4.89. The van der Waals surface area contributed by atoms with Crippen LogP contribution in [0.2, 0.25) is 0 Å². The highest BCUT2D eigenvalue weighted by molar-refractivity contribution is 14.0. The molecule has 1 aliphatic heterocycles. The van der Waals surface area contributed by atoms with Gasteiger partial charge in [-0.3, -0.25) is 0 Å². The molecule has 1 atom stereocenters. The Balaban J connectivity index is 0.00000243. The molecule has 0 fully saturated rings. The van der Waals surface area contributed by atoms with E-state index >= 15 is 0 Å². The molecule has 0 saturated carbocycles. The van der Waals surface area contributed by atoms with E-state index in [1.165, 1.54) is 17.7 Å². The van der Waals surface area contributed by atoms with Crippen LogP contribution in [-0.2, 0) is 6.54 Å². The molecule has 1 heterocycles. The summed E-state index contributed by atoms with van der Waals surface area (Å²) in [6, 6.07) is 14.7. The number of halogens is 2. The maximum absolute atomic E-state index is 13.0. The van der Waals surface area contributed by atoms with E-state index in [-0.39, 0.29) is 29.8 Å². The van der Waals surface area contributed by atoms with Crippen LogP contribution in [0, 0.1) is 5.82 Å². The van der Waals surface area contributed by atoms with Gasteiger partial charge in [0.2, 0.25) is 0 Å². The van der Waals surface area contributed by atoms with Crippen molar-refractivity contribution in [2.75, 3.05) is 19.7 Å². The Labute approximate surface area is 171 Å². The zero-order chi connectivity index (χ0) is 17.5. The molecule has 0 spiro atoms. The van der Waals surface area contributed by atoms with Gasteiger partial charge in [0.25, 0.3) is 0 Å². The third kappa shape index (κ3) is 5.59. The molecule has 2 aromatic carbocycles. The van der Waals surface area contributed by atoms with Crippen LogP contribution in [0.5, 0.6) is 5.75 Å². The number of para-hydroxylation sites is 1. The van der Waals surface area contributed by atoms with Crippen molar-refractivity contribution >= 4 is 29.9 Å². The van der Waals surface area contributed by atoms with Crippen molar-refractivity contribution in [1.82, 2.24) is 10.6 Å². The van der Waals surface area contributed by atoms with Gasteiger partial charge in [-0.2, -0.15) is 0 Å². The molecule has 0 aromatic heterocycles. The van der Waals surface area contributed by atoms with Crippen molar-refractivity contribution < 1.29 is 9.13 Å². The monoisotopic (exact) mass is 469 g/mol. The Kier molecular flexibility index (Phi) is 8.15. The largest absolute Gasteiger partial charge is 0.493 e. The third-order valence-corrected chi connectivity index (χ3v) is 4.28. The van der Waals surface area contributed by atoms with Crippen LogP contribution in [0.4, 0.5) is 4.39 Å². The number of hydrogen-bond donors (Lipinski definition) is 2. The number of nitrogens with one attached hydrogen (secondary N) is 2. The number of guanidine groups is 1. The number of fused-ring (bicyclic) bond motifs is 1. The topological polar surface area (TPSA) is 45.7 Å². The van der Waals surface area contributed by atoms with Crippen molar-refractivity contribution in [3.63, 3.8) is 0 Å². The second-order valence-electron chi connectivity index (χ2n) is 6.07. The van der Waals surface area contributed by atoms with E-state index in [1.807, 2.05) is 25.1 Å². The number of benzene rings is 2. The van der Waals surface area contributed by atoms with E-state index < -0.39 is 0 Å². The minimum atomic E-state index is -0.226. The standard InChI is InChI=1S/C20H24FN3O.HI/c1-2-22-20(23-13-15-7-9-17(21)10-8-15)24-14-16-11-12-25-19-6-4-3-5-18(16)19;/h3-10,16H,2,11-14H2,1H3,(H2,22,23,24);1H. The molecule has 2 aromatic rings. The molecule has 3 rings (SSSR count). The first-order chi connectivity index (χ1) is 12.3. The van der Waals surface area contributed by atoms with E-state index in [1.54, 1.807) is 12.1 Å². The maximum atomic E-state index is 13.0. The molecular formula is C20H25FIN3O. The van der Waals surface area contributed by atoms with Crippen LogP contribution in [0.1, 0.15) is 30.4 Å². The fourth-order valence-electron chi connectivity index (χ4n) is 2.95. The highest BCUT2D eigenvalue weighted by Crippen LogP contribution is 2.32. The number of ether oxygens (including phenoxy) is 1. The summed E-state index contributed by atoms with van der Waals surface area (Å²) < 4.78 is 18.7. The summed E-state index contributed by atoms with van der Waals surface area (Å²) in [5.74, 6) is 1.93. The smallest absolute Gasteiger partial charge is 0.191 e. The molecule has 2 N–H and O–H groups in total. The van der Waals surface area contributed by atoms with Crippen molar-refractivity contribution in [3.05, 3.63) is 65.5 Å². The van der Waals surface area contributed by atoms with Gasteiger partial charge in [-0.25, -0.2) is 9.38 Å². The van der Waals surface area contributed by atoms with Gasteiger partial charge in [-0.1, -0.05) is 30.3 Å². The molecule has 6 heteroatoms. The minimum Gasteiger partial charge on any atom is -0.493 e. The Bertz CT molecular complexity index is 721. The van der Waals surface area contributed by atoms with Crippen LogP contribution in [0.3, 0.4) is 0 Å². The van der Waals surface area contributed by atoms with Gasteiger partial charge in [-0.05, 0) is 42.7 Å². The molecule has 0 bridgehead atoms. The third-order valence-electron chi connectivity index (χ3n) is 4.28. The number of rotatable bonds is 5. The molecule has 4 nitrogen and oxygen atoms in total. The fourth-order valence-corrected chi connectivity index (χ4v) is 2.95. The SMILES string of the molecule is CCNC(=NCc1ccc(F)cc1)NCC1CCOc2ccccc21.I. The first-order valence-corrected chi connectivity index (χ1v) is 8.74. The molecule has 140 valence electrons. The van der Waals surface area contributed by atoms with Gasteiger partial charge in [0.15, 0.2) is 5.96 Å². The van der Waals surface area contributed by atoms with Crippen LogP contribution in [0.15, 0.2) is 53.5 Å². The Morgan fingerprint density at radius 3 is 2.69 bits per heavy atom. The van der Waals surface area contributed by atoms with Gasteiger partial charge < -0.3 is 15.4 Å². The summed E-state index contributed by atoms with van der Waals surface area (Å²) in [5.41, 5.74) is 2.23. The van der Waals surface area contributed by atoms with Gasteiger partial charge in [-0.15, -0.1) is 24.0 Å². The van der Waals surface area contributed by atoms with Crippen molar-refractivity contribution in [2.24, 2.45) is 4.99 Å². The second-order valence-corrected chi connectivity index (χ2v) is 6.07.